The Morgan fingerprint density at radius 3 is 2.58 bits per heavy atom. The lowest BCUT2D eigenvalue weighted by Gasteiger charge is -2.16. The number of nitrogens with zero attached hydrogens (tertiary/aromatic N) is 2. The minimum atomic E-state index is 0.761. The number of benzene rings is 1. The molecule has 0 amide bonds. The smallest absolute Gasteiger partial charge is 0.161 e. The fraction of sp³-hybridized carbons (Fsp3) is 0.357. The molecule has 0 bridgehead atoms. The summed E-state index contributed by atoms with van der Waals surface area (Å²) in [5.41, 5.74) is 3.06. The van der Waals surface area contributed by atoms with Crippen LogP contribution >= 0.6 is 11.3 Å². The topological polar surface area (TPSA) is 34.6 Å². The van der Waals surface area contributed by atoms with Crippen LogP contribution in [0.4, 0.5) is 0 Å². The standard InChI is InChI=1S/C14H18N2O2S/c1-16(9-12-7-15-10-19-12)8-11-4-5-13(17-2)14(6-11)18-3/h4-7,10H,8-9H2,1-3H3. The van der Waals surface area contributed by atoms with Gasteiger partial charge in [-0.2, -0.15) is 0 Å². The molecule has 0 atom stereocenters. The quantitative estimate of drug-likeness (QED) is 0.814. The zero-order valence-electron chi connectivity index (χ0n) is 11.4. The molecule has 1 heterocycles. The van der Waals surface area contributed by atoms with Crippen LogP contribution in [0.25, 0.3) is 0 Å². The number of rotatable bonds is 6. The molecular formula is C14H18N2O2S. The van der Waals surface area contributed by atoms with Gasteiger partial charge >= 0.3 is 0 Å². The number of aromatic nitrogens is 1. The highest BCUT2D eigenvalue weighted by Crippen LogP contribution is 2.28. The van der Waals surface area contributed by atoms with E-state index in [0.717, 1.165) is 24.6 Å². The summed E-state index contributed by atoms with van der Waals surface area (Å²) in [6.07, 6.45) is 1.91. The Labute approximate surface area is 117 Å². The first-order chi connectivity index (χ1) is 9.22. The average molecular weight is 278 g/mol. The molecule has 0 fully saturated rings. The lowest BCUT2D eigenvalue weighted by Crippen LogP contribution is -2.16. The zero-order valence-corrected chi connectivity index (χ0v) is 12.2. The van der Waals surface area contributed by atoms with Crippen LogP contribution in [0.5, 0.6) is 11.5 Å². The normalized spacial score (nSPS) is 10.7. The maximum Gasteiger partial charge on any atom is 0.161 e. The summed E-state index contributed by atoms with van der Waals surface area (Å²) in [5, 5.41) is 0. The lowest BCUT2D eigenvalue weighted by molar-refractivity contribution is 0.319. The van der Waals surface area contributed by atoms with E-state index in [4.69, 9.17) is 9.47 Å². The SMILES string of the molecule is COc1ccc(CN(C)Cc2cncs2)cc1OC. The summed E-state index contributed by atoms with van der Waals surface area (Å²) < 4.78 is 10.5. The molecule has 5 heteroatoms. The molecule has 2 aromatic rings. The van der Waals surface area contributed by atoms with Gasteiger partial charge in [-0.05, 0) is 24.7 Å². The Balaban J connectivity index is 2.02. The summed E-state index contributed by atoms with van der Waals surface area (Å²) in [6, 6.07) is 6.02. The fourth-order valence-electron chi connectivity index (χ4n) is 1.93. The van der Waals surface area contributed by atoms with Gasteiger partial charge in [0.15, 0.2) is 11.5 Å². The van der Waals surface area contributed by atoms with Crippen LogP contribution in [0.3, 0.4) is 0 Å². The molecule has 4 nitrogen and oxygen atoms in total. The number of hydrogen-bond acceptors (Lipinski definition) is 5. The van der Waals surface area contributed by atoms with Gasteiger partial charge in [0, 0.05) is 24.2 Å². The predicted octanol–water partition coefficient (Wildman–Crippen LogP) is 2.79. The van der Waals surface area contributed by atoms with Crippen molar-refractivity contribution in [3.63, 3.8) is 0 Å². The molecule has 0 saturated carbocycles. The van der Waals surface area contributed by atoms with Crippen LogP contribution in [-0.4, -0.2) is 31.2 Å². The van der Waals surface area contributed by atoms with Crippen LogP contribution in [-0.2, 0) is 13.1 Å². The second-order valence-electron chi connectivity index (χ2n) is 4.33. The first-order valence-electron chi connectivity index (χ1n) is 5.99. The molecule has 0 aliphatic carbocycles. The van der Waals surface area contributed by atoms with E-state index < -0.39 is 0 Å². The molecule has 0 saturated heterocycles. The third-order valence-electron chi connectivity index (χ3n) is 2.81. The summed E-state index contributed by atoms with van der Waals surface area (Å²) in [5.74, 6) is 1.53. The molecule has 0 unspecified atom stereocenters. The third-order valence-corrected chi connectivity index (χ3v) is 3.57. The van der Waals surface area contributed by atoms with Crippen molar-refractivity contribution in [2.75, 3.05) is 21.3 Å². The molecular weight excluding hydrogens is 260 g/mol. The lowest BCUT2D eigenvalue weighted by atomic mass is 10.2. The van der Waals surface area contributed by atoms with E-state index >= 15 is 0 Å². The number of ether oxygens (including phenoxy) is 2. The number of thiazole rings is 1. The summed E-state index contributed by atoms with van der Waals surface area (Å²) in [7, 11) is 5.40. The Morgan fingerprint density at radius 2 is 1.95 bits per heavy atom. The largest absolute Gasteiger partial charge is 0.493 e. The molecule has 0 N–H and O–H groups in total. The first kappa shape index (κ1) is 13.8. The van der Waals surface area contributed by atoms with Gasteiger partial charge in [-0.15, -0.1) is 11.3 Å². The van der Waals surface area contributed by atoms with Gasteiger partial charge in [0.25, 0.3) is 0 Å². The Bertz CT molecular complexity index is 514. The molecule has 0 spiro atoms. The van der Waals surface area contributed by atoms with Gasteiger partial charge in [-0.1, -0.05) is 6.07 Å². The van der Waals surface area contributed by atoms with Gasteiger partial charge < -0.3 is 9.47 Å². The van der Waals surface area contributed by atoms with Crippen molar-refractivity contribution in [3.8, 4) is 11.5 Å². The highest BCUT2D eigenvalue weighted by Gasteiger charge is 2.07. The minimum Gasteiger partial charge on any atom is -0.493 e. The van der Waals surface area contributed by atoms with E-state index in [-0.39, 0.29) is 0 Å². The van der Waals surface area contributed by atoms with E-state index in [1.54, 1.807) is 25.6 Å². The fourth-order valence-corrected chi connectivity index (χ4v) is 2.61. The van der Waals surface area contributed by atoms with Crippen LogP contribution in [0.15, 0.2) is 29.9 Å². The maximum atomic E-state index is 5.31. The zero-order chi connectivity index (χ0) is 13.7. The molecule has 0 aliphatic heterocycles. The van der Waals surface area contributed by atoms with Crippen LogP contribution < -0.4 is 9.47 Å². The molecule has 1 aromatic carbocycles. The van der Waals surface area contributed by atoms with E-state index in [0.29, 0.717) is 0 Å². The summed E-state index contributed by atoms with van der Waals surface area (Å²) in [4.78, 5) is 7.60. The highest BCUT2D eigenvalue weighted by molar-refractivity contribution is 7.09. The maximum absolute atomic E-state index is 5.31. The van der Waals surface area contributed by atoms with Crippen LogP contribution in [0.2, 0.25) is 0 Å². The molecule has 0 radical (unpaired) electrons. The molecule has 1 aromatic heterocycles. The molecule has 0 aliphatic rings. The summed E-state index contributed by atoms with van der Waals surface area (Å²) >= 11 is 1.68. The minimum absolute atomic E-state index is 0.761. The van der Waals surface area contributed by atoms with Gasteiger partial charge in [0.05, 0.1) is 19.7 Å². The van der Waals surface area contributed by atoms with Crippen molar-refractivity contribution in [1.29, 1.82) is 0 Å². The van der Waals surface area contributed by atoms with Gasteiger partial charge in [0.1, 0.15) is 0 Å². The van der Waals surface area contributed by atoms with E-state index in [9.17, 15) is 0 Å². The van der Waals surface area contributed by atoms with Crippen molar-refractivity contribution in [3.05, 3.63) is 40.3 Å². The Hall–Kier alpha value is -1.59. The van der Waals surface area contributed by atoms with Crippen molar-refractivity contribution in [2.45, 2.75) is 13.1 Å². The van der Waals surface area contributed by atoms with Gasteiger partial charge in [-0.25, -0.2) is 0 Å². The Morgan fingerprint density at radius 1 is 1.16 bits per heavy atom. The highest BCUT2D eigenvalue weighted by atomic mass is 32.1. The summed E-state index contributed by atoms with van der Waals surface area (Å²) in [6.45, 7) is 1.76. The van der Waals surface area contributed by atoms with E-state index in [2.05, 4.69) is 23.0 Å². The van der Waals surface area contributed by atoms with Gasteiger partial charge in [0.2, 0.25) is 0 Å². The number of methoxy groups -OCH3 is 2. The molecule has 19 heavy (non-hydrogen) atoms. The van der Waals surface area contributed by atoms with E-state index in [1.165, 1.54) is 10.4 Å². The second-order valence-corrected chi connectivity index (χ2v) is 5.30. The van der Waals surface area contributed by atoms with E-state index in [1.807, 2.05) is 23.8 Å². The van der Waals surface area contributed by atoms with Crippen molar-refractivity contribution >= 4 is 11.3 Å². The average Bonchev–Trinajstić information content (AvgIpc) is 2.91. The van der Waals surface area contributed by atoms with Crippen molar-refractivity contribution in [1.82, 2.24) is 9.88 Å². The Kier molecular flexibility index (Phi) is 4.76. The number of hydrogen-bond donors (Lipinski definition) is 0. The van der Waals surface area contributed by atoms with Crippen molar-refractivity contribution in [2.24, 2.45) is 0 Å². The first-order valence-corrected chi connectivity index (χ1v) is 6.87. The van der Waals surface area contributed by atoms with Crippen molar-refractivity contribution < 1.29 is 9.47 Å². The molecule has 102 valence electrons. The molecule has 2 rings (SSSR count). The van der Waals surface area contributed by atoms with Gasteiger partial charge in [-0.3, -0.25) is 9.88 Å². The van der Waals surface area contributed by atoms with Crippen LogP contribution in [0, 0.1) is 0 Å². The third kappa shape index (κ3) is 3.68. The predicted molar refractivity (Wildman–Crippen MR) is 76.8 cm³/mol. The second kappa shape index (κ2) is 6.54. The van der Waals surface area contributed by atoms with Crippen LogP contribution in [0.1, 0.15) is 10.4 Å². The monoisotopic (exact) mass is 278 g/mol.